The fourth-order valence-electron chi connectivity index (χ4n) is 3.70. The highest BCUT2D eigenvalue weighted by atomic mass is 14.9. The van der Waals surface area contributed by atoms with Gasteiger partial charge in [-0.25, -0.2) is 0 Å². The summed E-state index contributed by atoms with van der Waals surface area (Å²) in [4.78, 5) is 0. The zero-order valence-electron chi connectivity index (χ0n) is 13.3. The maximum atomic E-state index is 3.75. The van der Waals surface area contributed by atoms with E-state index in [2.05, 4.69) is 62.5 Å². The van der Waals surface area contributed by atoms with Crippen molar-refractivity contribution >= 4 is 0 Å². The second-order valence-corrected chi connectivity index (χ2v) is 6.36. The number of allylic oxidation sites excluding steroid dienone is 1. The van der Waals surface area contributed by atoms with Gasteiger partial charge in [0, 0.05) is 11.5 Å². The average Bonchev–Trinajstić information content (AvgIpc) is 2.48. The third kappa shape index (κ3) is 3.32. The second kappa shape index (κ2) is 7.08. The Bertz CT molecular complexity index is 422. The molecule has 2 rings (SSSR count). The maximum Gasteiger partial charge on any atom is 0.0349 e. The van der Waals surface area contributed by atoms with Crippen LogP contribution in [0.4, 0.5) is 0 Å². The van der Waals surface area contributed by atoms with Crippen molar-refractivity contribution < 1.29 is 0 Å². The third-order valence-electron chi connectivity index (χ3n) is 4.61. The molecular formula is C19H29N. The first kappa shape index (κ1) is 15.3. The highest BCUT2D eigenvalue weighted by Crippen LogP contribution is 2.42. The average molecular weight is 271 g/mol. The normalized spacial score (nSPS) is 19.4. The van der Waals surface area contributed by atoms with Crippen LogP contribution in [0.3, 0.4) is 0 Å². The molecule has 1 saturated carbocycles. The first-order valence-electron chi connectivity index (χ1n) is 8.13. The molecule has 1 aromatic carbocycles. The molecule has 0 aliphatic heterocycles. The van der Waals surface area contributed by atoms with Crippen LogP contribution in [0.15, 0.2) is 42.0 Å². The zero-order valence-corrected chi connectivity index (χ0v) is 13.3. The predicted molar refractivity (Wildman–Crippen MR) is 88.1 cm³/mol. The summed E-state index contributed by atoms with van der Waals surface area (Å²) < 4.78 is 0. The van der Waals surface area contributed by atoms with Gasteiger partial charge in [-0.05, 0) is 38.8 Å². The van der Waals surface area contributed by atoms with Crippen molar-refractivity contribution in [1.29, 1.82) is 0 Å². The van der Waals surface area contributed by atoms with Crippen LogP contribution in [-0.2, 0) is 5.41 Å². The van der Waals surface area contributed by atoms with E-state index >= 15 is 0 Å². The third-order valence-corrected chi connectivity index (χ3v) is 4.61. The Kier molecular flexibility index (Phi) is 5.42. The molecule has 0 spiro atoms. The molecular weight excluding hydrogens is 242 g/mol. The van der Waals surface area contributed by atoms with Crippen molar-refractivity contribution in [2.45, 2.75) is 64.3 Å². The number of rotatable bonds is 5. The summed E-state index contributed by atoms with van der Waals surface area (Å²) in [7, 11) is 0. The Morgan fingerprint density at radius 2 is 1.80 bits per heavy atom. The van der Waals surface area contributed by atoms with Gasteiger partial charge in [-0.1, -0.05) is 68.2 Å². The molecule has 1 nitrogen and oxygen atoms in total. The lowest BCUT2D eigenvalue weighted by atomic mass is 9.64. The summed E-state index contributed by atoms with van der Waals surface area (Å²) in [6.45, 7) is 7.67. The summed E-state index contributed by atoms with van der Waals surface area (Å²) in [5, 5.41) is 3.75. The van der Waals surface area contributed by atoms with Crippen LogP contribution in [0.1, 0.15) is 58.4 Å². The number of likely N-dealkylation sites (N-methyl/N-ethyl adjacent to an activating group) is 1. The molecule has 1 aliphatic carbocycles. The minimum absolute atomic E-state index is 0.285. The topological polar surface area (TPSA) is 12.0 Å². The van der Waals surface area contributed by atoms with Crippen molar-refractivity contribution in [3.63, 3.8) is 0 Å². The molecule has 0 bridgehead atoms. The molecule has 1 aliphatic rings. The lowest BCUT2D eigenvalue weighted by Gasteiger charge is -2.44. The summed E-state index contributed by atoms with van der Waals surface area (Å²) in [5.74, 6) is 0. The standard InChI is InChI=1S/C19H29N/c1-4-20-18(15-16(2)3)19(13-9-6-10-14-19)17-11-7-5-8-12-17/h5,7-8,11-12,15,18,20H,4,6,9-10,13-14H2,1-3H3. The van der Waals surface area contributed by atoms with Crippen molar-refractivity contribution in [3.8, 4) is 0 Å². The summed E-state index contributed by atoms with van der Waals surface area (Å²) in [6.07, 6.45) is 9.15. The van der Waals surface area contributed by atoms with Gasteiger partial charge in [0.05, 0.1) is 0 Å². The van der Waals surface area contributed by atoms with Crippen LogP contribution in [0.25, 0.3) is 0 Å². The number of hydrogen-bond donors (Lipinski definition) is 1. The van der Waals surface area contributed by atoms with Crippen molar-refractivity contribution in [1.82, 2.24) is 5.32 Å². The van der Waals surface area contributed by atoms with Gasteiger partial charge >= 0.3 is 0 Å². The van der Waals surface area contributed by atoms with Gasteiger partial charge < -0.3 is 5.32 Å². The molecule has 1 unspecified atom stereocenters. The Balaban J connectivity index is 2.41. The van der Waals surface area contributed by atoms with Gasteiger partial charge in [0.2, 0.25) is 0 Å². The van der Waals surface area contributed by atoms with E-state index in [1.807, 2.05) is 0 Å². The fraction of sp³-hybridized carbons (Fsp3) is 0.579. The Morgan fingerprint density at radius 3 is 2.35 bits per heavy atom. The highest BCUT2D eigenvalue weighted by Gasteiger charge is 2.39. The van der Waals surface area contributed by atoms with E-state index in [0.29, 0.717) is 6.04 Å². The number of benzene rings is 1. The molecule has 110 valence electrons. The molecule has 0 radical (unpaired) electrons. The van der Waals surface area contributed by atoms with Crippen molar-refractivity contribution in [2.24, 2.45) is 0 Å². The van der Waals surface area contributed by atoms with Crippen molar-refractivity contribution in [3.05, 3.63) is 47.5 Å². The van der Waals surface area contributed by atoms with Gasteiger partial charge in [-0.15, -0.1) is 0 Å². The Labute approximate surface area is 124 Å². The fourth-order valence-corrected chi connectivity index (χ4v) is 3.70. The smallest absolute Gasteiger partial charge is 0.0349 e. The minimum atomic E-state index is 0.285. The van der Waals surface area contributed by atoms with Gasteiger partial charge in [0.15, 0.2) is 0 Å². The van der Waals surface area contributed by atoms with Crippen LogP contribution < -0.4 is 5.32 Å². The van der Waals surface area contributed by atoms with Gasteiger partial charge in [-0.2, -0.15) is 0 Å². The lowest BCUT2D eigenvalue weighted by molar-refractivity contribution is 0.242. The molecule has 1 aromatic rings. The molecule has 1 fully saturated rings. The largest absolute Gasteiger partial charge is 0.310 e. The number of hydrogen-bond acceptors (Lipinski definition) is 1. The molecule has 0 heterocycles. The van der Waals surface area contributed by atoms with E-state index in [9.17, 15) is 0 Å². The lowest BCUT2D eigenvalue weighted by Crippen LogP contribution is -2.48. The van der Waals surface area contributed by atoms with E-state index < -0.39 is 0 Å². The van der Waals surface area contributed by atoms with Gasteiger partial charge in [0.25, 0.3) is 0 Å². The van der Waals surface area contributed by atoms with E-state index in [4.69, 9.17) is 0 Å². The molecule has 0 amide bonds. The predicted octanol–water partition coefficient (Wildman–Crippen LogP) is 4.83. The summed E-state index contributed by atoms with van der Waals surface area (Å²) in [5.41, 5.74) is 3.22. The first-order chi connectivity index (χ1) is 9.69. The molecule has 0 aromatic heterocycles. The molecule has 1 atom stereocenters. The first-order valence-corrected chi connectivity index (χ1v) is 8.13. The maximum absolute atomic E-state index is 3.75. The van der Waals surface area contributed by atoms with E-state index in [1.165, 1.54) is 43.2 Å². The SMILES string of the molecule is CCNC(C=C(C)C)C1(c2ccccc2)CCCCC1. The van der Waals surface area contributed by atoms with Gasteiger partial charge in [0.1, 0.15) is 0 Å². The second-order valence-electron chi connectivity index (χ2n) is 6.36. The molecule has 0 saturated heterocycles. The van der Waals surface area contributed by atoms with E-state index in [-0.39, 0.29) is 5.41 Å². The van der Waals surface area contributed by atoms with E-state index in [0.717, 1.165) is 6.54 Å². The van der Waals surface area contributed by atoms with Crippen LogP contribution >= 0.6 is 0 Å². The van der Waals surface area contributed by atoms with Crippen LogP contribution in [0.5, 0.6) is 0 Å². The zero-order chi connectivity index (χ0) is 14.4. The van der Waals surface area contributed by atoms with Crippen molar-refractivity contribution in [2.75, 3.05) is 6.54 Å². The monoisotopic (exact) mass is 271 g/mol. The van der Waals surface area contributed by atoms with Crippen LogP contribution in [0, 0.1) is 0 Å². The molecule has 1 N–H and O–H groups in total. The molecule has 1 heteroatoms. The van der Waals surface area contributed by atoms with E-state index in [1.54, 1.807) is 0 Å². The minimum Gasteiger partial charge on any atom is -0.310 e. The van der Waals surface area contributed by atoms with Crippen LogP contribution in [-0.4, -0.2) is 12.6 Å². The highest BCUT2D eigenvalue weighted by molar-refractivity contribution is 5.31. The Morgan fingerprint density at radius 1 is 1.15 bits per heavy atom. The quantitative estimate of drug-likeness (QED) is 0.756. The summed E-state index contributed by atoms with van der Waals surface area (Å²) in [6, 6.07) is 11.6. The van der Waals surface area contributed by atoms with Crippen LogP contribution in [0.2, 0.25) is 0 Å². The Hall–Kier alpha value is -1.08. The molecule has 20 heavy (non-hydrogen) atoms. The summed E-state index contributed by atoms with van der Waals surface area (Å²) >= 11 is 0. The number of nitrogens with one attached hydrogen (secondary N) is 1. The van der Waals surface area contributed by atoms with Gasteiger partial charge in [-0.3, -0.25) is 0 Å².